The van der Waals surface area contributed by atoms with Crippen molar-refractivity contribution in [2.45, 2.75) is 44.8 Å². The summed E-state index contributed by atoms with van der Waals surface area (Å²) in [5.41, 5.74) is 0. The van der Waals surface area contributed by atoms with Crippen molar-refractivity contribution < 1.29 is 10.2 Å². The first kappa shape index (κ1) is 8.52. The Morgan fingerprint density at radius 2 is 1.92 bits per heavy atom. The largest absolute Gasteiger partial charge is 0.391 e. The lowest BCUT2D eigenvalue weighted by Crippen LogP contribution is -2.34. The zero-order valence-corrected chi connectivity index (χ0v) is 7.61. The summed E-state index contributed by atoms with van der Waals surface area (Å²) in [5.74, 6) is 1.96. The zero-order chi connectivity index (χ0) is 8.72. The maximum Gasteiger partial charge on any atom is 0.0827 e. The Morgan fingerprint density at radius 1 is 1.17 bits per heavy atom. The molecule has 12 heavy (non-hydrogen) atoms. The van der Waals surface area contributed by atoms with Crippen LogP contribution in [0.15, 0.2) is 0 Å². The molecule has 2 N–H and O–H groups in total. The summed E-state index contributed by atoms with van der Waals surface area (Å²) < 4.78 is 0. The van der Waals surface area contributed by atoms with Crippen LogP contribution in [0.1, 0.15) is 32.6 Å². The predicted octanol–water partition coefficient (Wildman–Crippen LogP) is 1.16. The highest BCUT2D eigenvalue weighted by molar-refractivity contribution is 4.93. The number of aliphatic hydroxyl groups excluding tert-OH is 2. The summed E-state index contributed by atoms with van der Waals surface area (Å²) in [5, 5.41) is 19.0. The molecule has 70 valence electrons. The van der Waals surface area contributed by atoms with Gasteiger partial charge in [0.15, 0.2) is 0 Å². The van der Waals surface area contributed by atoms with Crippen LogP contribution in [0, 0.1) is 17.8 Å². The van der Waals surface area contributed by atoms with Gasteiger partial charge in [0.05, 0.1) is 12.2 Å². The molecule has 2 heteroatoms. The van der Waals surface area contributed by atoms with Crippen molar-refractivity contribution in [1.29, 1.82) is 0 Å². The lowest BCUT2D eigenvalue weighted by atomic mass is 9.83. The number of rotatable bonds is 2. The second-order valence-electron chi connectivity index (χ2n) is 4.57. The fraction of sp³-hybridized carbons (Fsp3) is 1.00. The number of hydrogen-bond acceptors (Lipinski definition) is 2. The molecule has 2 nitrogen and oxygen atoms in total. The Bertz CT molecular complexity index is 167. The van der Waals surface area contributed by atoms with Gasteiger partial charge >= 0.3 is 0 Å². The summed E-state index contributed by atoms with van der Waals surface area (Å²) in [6.07, 6.45) is 4.06. The van der Waals surface area contributed by atoms with E-state index in [0.29, 0.717) is 11.8 Å². The topological polar surface area (TPSA) is 40.5 Å². The fourth-order valence-electron chi connectivity index (χ4n) is 3.07. The van der Waals surface area contributed by atoms with Crippen molar-refractivity contribution in [1.82, 2.24) is 0 Å². The van der Waals surface area contributed by atoms with E-state index in [0.717, 1.165) is 12.3 Å². The SMILES string of the molecule is CC(O)C(O)C1CC2CCC1C2. The minimum absolute atomic E-state index is 0.392. The molecule has 2 aliphatic rings. The molecule has 5 unspecified atom stereocenters. The second kappa shape index (κ2) is 3.00. The van der Waals surface area contributed by atoms with E-state index in [2.05, 4.69) is 0 Å². The van der Waals surface area contributed by atoms with Crippen LogP contribution in [0.25, 0.3) is 0 Å². The van der Waals surface area contributed by atoms with E-state index in [4.69, 9.17) is 0 Å². The fourth-order valence-corrected chi connectivity index (χ4v) is 3.07. The van der Waals surface area contributed by atoms with Crippen LogP contribution < -0.4 is 0 Å². The minimum atomic E-state index is -0.547. The number of fused-ring (bicyclic) bond motifs is 2. The third-order valence-corrected chi connectivity index (χ3v) is 3.73. The lowest BCUT2D eigenvalue weighted by molar-refractivity contribution is -0.0232. The van der Waals surface area contributed by atoms with Gasteiger partial charge in [-0.05, 0) is 43.9 Å². The van der Waals surface area contributed by atoms with Gasteiger partial charge in [-0.15, -0.1) is 0 Å². The van der Waals surface area contributed by atoms with Gasteiger partial charge in [-0.3, -0.25) is 0 Å². The monoisotopic (exact) mass is 170 g/mol. The summed E-state index contributed by atoms with van der Waals surface area (Å²) in [4.78, 5) is 0. The molecular weight excluding hydrogens is 152 g/mol. The molecule has 2 fully saturated rings. The quantitative estimate of drug-likeness (QED) is 0.653. The first-order valence-electron chi connectivity index (χ1n) is 5.04. The summed E-state index contributed by atoms with van der Waals surface area (Å²) >= 11 is 0. The van der Waals surface area contributed by atoms with Crippen LogP contribution in [-0.2, 0) is 0 Å². The van der Waals surface area contributed by atoms with E-state index in [1.165, 1.54) is 19.3 Å². The predicted molar refractivity (Wildman–Crippen MR) is 46.6 cm³/mol. The molecule has 5 atom stereocenters. The van der Waals surface area contributed by atoms with Crippen LogP contribution in [0.5, 0.6) is 0 Å². The van der Waals surface area contributed by atoms with Crippen LogP contribution in [0.2, 0.25) is 0 Å². The average molecular weight is 170 g/mol. The van der Waals surface area contributed by atoms with Crippen molar-refractivity contribution in [3.05, 3.63) is 0 Å². The van der Waals surface area contributed by atoms with Crippen molar-refractivity contribution in [2.75, 3.05) is 0 Å². The molecule has 0 aromatic heterocycles. The average Bonchev–Trinajstić information content (AvgIpc) is 2.62. The van der Waals surface area contributed by atoms with Gasteiger partial charge in [0.25, 0.3) is 0 Å². The Morgan fingerprint density at radius 3 is 2.33 bits per heavy atom. The maximum absolute atomic E-state index is 9.70. The first-order chi connectivity index (χ1) is 5.68. The molecule has 0 amide bonds. The van der Waals surface area contributed by atoms with Gasteiger partial charge in [0.1, 0.15) is 0 Å². The third kappa shape index (κ3) is 1.27. The van der Waals surface area contributed by atoms with Crippen LogP contribution in [-0.4, -0.2) is 22.4 Å². The van der Waals surface area contributed by atoms with Gasteiger partial charge in [0, 0.05) is 0 Å². The highest BCUT2D eigenvalue weighted by atomic mass is 16.3. The molecule has 0 heterocycles. The standard InChI is InChI=1S/C10H18O2/c1-6(11)10(12)9-5-7-2-3-8(9)4-7/h6-12H,2-5H2,1H3. The molecule has 2 bridgehead atoms. The molecule has 2 saturated carbocycles. The van der Waals surface area contributed by atoms with Crippen molar-refractivity contribution in [3.63, 3.8) is 0 Å². The van der Waals surface area contributed by atoms with E-state index < -0.39 is 12.2 Å². The Kier molecular flexibility index (Phi) is 2.13. The van der Waals surface area contributed by atoms with Gasteiger partial charge in [-0.25, -0.2) is 0 Å². The summed E-state index contributed by atoms with van der Waals surface area (Å²) in [7, 11) is 0. The van der Waals surface area contributed by atoms with E-state index in [1.54, 1.807) is 6.92 Å². The molecule has 0 saturated heterocycles. The normalized spacial score (nSPS) is 44.8. The van der Waals surface area contributed by atoms with Crippen molar-refractivity contribution in [3.8, 4) is 0 Å². The van der Waals surface area contributed by atoms with Crippen molar-refractivity contribution in [2.24, 2.45) is 17.8 Å². The van der Waals surface area contributed by atoms with Gasteiger partial charge in [-0.2, -0.15) is 0 Å². The molecule has 0 aromatic rings. The van der Waals surface area contributed by atoms with E-state index >= 15 is 0 Å². The number of hydrogen-bond donors (Lipinski definition) is 2. The molecular formula is C10H18O2. The van der Waals surface area contributed by atoms with Crippen LogP contribution >= 0.6 is 0 Å². The Balaban J connectivity index is 1.97. The van der Waals surface area contributed by atoms with E-state index in [-0.39, 0.29) is 0 Å². The maximum atomic E-state index is 9.70. The summed E-state index contributed by atoms with van der Waals surface area (Å²) in [6.45, 7) is 1.69. The smallest absolute Gasteiger partial charge is 0.0827 e. The van der Waals surface area contributed by atoms with Crippen molar-refractivity contribution >= 4 is 0 Å². The molecule has 2 rings (SSSR count). The van der Waals surface area contributed by atoms with Gasteiger partial charge in [-0.1, -0.05) is 6.42 Å². The highest BCUT2D eigenvalue weighted by Crippen LogP contribution is 2.49. The molecule has 0 spiro atoms. The molecule has 0 radical (unpaired) electrons. The Hall–Kier alpha value is -0.0800. The van der Waals surface area contributed by atoms with E-state index in [9.17, 15) is 10.2 Å². The first-order valence-corrected chi connectivity index (χ1v) is 5.04. The Labute approximate surface area is 73.6 Å². The summed E-state index contributed by atoms with van der Waals surface area (Å²) in [6, 6.07) is 0. The zero-order valence-electron chi connectivity index (χ0n) is 7.61. The molecule has 2 aliphatic carbocycles. The van der Waals surface area contributed by atoms with Gasteiger partial charge in [0.2, 0.25) is 0 Å². The third-order valence-electron chi connectivity index (χ3n) is 3.73. The molecule has 0 aromatic carbocycles. The number of aliphatic hydroxyl groups is 2. The highest BCUT2D eigenvalue weighted by Gasteiger charge is 2.43. The van der Waals surface area contributed by atoms with Crippen LogP contribution in [0.4, 0.5) is 0 Å². The van der Waals surface area contributed by atoms with Gasteiger partial charge < -0.3 is 10.2 Å². The minimum Gasteiger partial charge on any atom is -0.391 e. The molecule has 0 aliphatic heterocycles. The van der Waals surface area contributed by atoms with E-state index in [1.807, 2.05) is 0 Å². The lowest BCUT2D eigenvalue weighted by Gasteiger charge is -2.28. The second-order valence-corrected chi connectivity index (χ2v) is 4.57. The van der Waals surface area contributed by atoms with Crippen LogP contribution in [0.3, 0.4) is 0 Å².